The molecule has 0 radical (unpaired) electrons. The minimum absolute atomic E-state index is 0.222. The Balaban J connectivity index is 2.26. The van der Waals surface area contributed by atoms with E-state index in [9.17, 15) is 0 Å². The lowest BCUT2D eigenvalue weighted by atomic mass is 10.2. The molecule has 1 fully saturated rings. The molecular weight excluding hydrogens is 156 g/mol. The van der Waals surface area contributed by atoms with Crippen molar-refractivity contribution in [1.82, 2.24) is 20.2 Å². The van der Waals surface area contributed by atoms with Crippen LogP contribution < -0.4 is 16.9 Å². The van der Waals surface area contributed by atoms with Crippen LogP contribution in [0.4, 0.5) is 5.95 Å². The van der Waals surface area contributed by atoms with E-state index >= 15 is 0 Å². The van der Waals surface area contributed by atoms with Gasteiger partial charge in [0.25, 0.3) is 0 Å². The highest BCUT2D eigenvalue weighted by Gasteiger charge is 2.22. The van der Waals surface area contributed by atoms with Gasteiger partial charge in [0.15, 0.2) is 5.82 Å². The summed E-state index contributed by atoms with van der Waals surface area (Å²) >= 11 is 0. The fraction of sp³-hybridized carbons (Fsp3) is 0.667. The van der Waals surface area contributed by atoms with E-state index in [0.717, 1.165) is 25.2 Å². The van der Waals surface area contributed by atoms with Crippen molar-refractivity contribution in [3.8, 4) is 0 Å². The molecule has 1 aliphatic heterocycles. The summed E-state index contributed by atoms with van der Waals surface area (Å²) in [6, 6.07) is 0.222. The summed E-state index contributed by atoms with van der Waals surface area (Å²) in [5.74, 6) is 6.60. The molecule has 0 aromatic carbocycles. The van der Waals surface area contributed by atoms with Crippen LogP contribution in [0.1, 0.15) is 24.7 Å². The number of anilines is 1. The summed E-state index contributed by atoms with van der Waals surface area (Å²) in [4.78, 5) is 0. The van der Waals surface area contributed by atoms with Crippen LogP contribution in [0.5, 0.6) is 0 Å². The summed E-state index contributed by atoms with van der Waals surface area (Å²) in [6.45, 7) is 1.01. The molecule has 1 atom stereocenters. The topological polar surface area (TPSA) is 94.8 Å². The molecule has 12 heavy (non-hydrogen) atoms. The van der Waals surface area contributed by atoms with Crippen molar-refractivity contribution >= 4 is 5.95 Å². The molecule has 0 amide bonds. The monoisotopic (exact) mass is 168 g/mol. The second kappa shape index (κ2) is 2.63. The molecule has 5 N–H and O–H groups in total. The van der Waals surface area contributed by atoms with Gasteiger partial charge in [-0.15, -0.1) is 10.2 Å². The van der Waals surface area contributed by atoms with Crippen LogP contribution in [-0.2, 0) is 0 Å². The smallest absolute Gasteiger partial charge is 0.240 e. The fourth-order valence-electron chi connectivity index (χ4n) is 1.46. The number of aromatic nitrogens is 3. The largest absolute Gasteiger partial charge is 0.366 e. The molecule has 1 aromatic heterocycles. The number of nitrogens with one attached hydrogen (secondary N) is 1. The van der Waals surface area contributed by atoms with Gasteiger partial charge < -0.3 is 16.9 Å². The van der Waals surface area contributed by atoms with Crippen LogP contribution >= 0.6 is 0 Å². The van der Waals surface area contributed by atoms with Crippen molar-refractivity contribution in [2.24, 2.45) is 0 Å². The summed E-state index contributed by atoms with van der Waals surface area (Å²) in [6.07, 6.45) is 2.20. The third-order valence-corrected chi connectivity index (χ3v) is 2.12. The van der Waals surface area contributed by atoms with Gasteiger partial charge in [-0.05, 0) is 19.4 Å². The SMILES string of the molecule is Nc1nnc([C@H]2CCCN2)n1N. The first-order valence-corrected chi connectivity index (χ1v) is 3.98. The molecular formula is C6H12N6. The van der Waals surface area contributed by atoms with Crippen molar-refractivity contribution in [2.45, 2.75) is 18.9 Å². The van der Waals surface area contributed by atoms with Crippen molar-refractivity contribution in [1.29, 1.82) is 0 Å². The van der Waals surface area contributed by atoms with Gasteiger partial charge in [-0.2, -0.15) is 0 Å². The van der Waals surface area contributed by atoms with Crippen LogP contribution in [-0.4, -0.2) is 21.4 Å². The average molecular weight is 168 g/mol. The summed E-state index contributed by atoms with van der Waals surface area (Å²) in [5, 5.41) is 10.9. The van der Waals surface area contributed by atoms with E-state index in [1.54, 1.807) is 0 Å². The lowest BCUT2D eigenvalue weighted by Gasteiger charge is -2.07. The van der Waals surface area contributed by atoms with E-state index in [1.165, 1.54) is 4.68 Å². The first-order chi connectivity index (χ1) is 5.79. The second-order valence-corrected chi connectivity index (χ2v) is 2.94. The second-order valence-electron chi connectivity index (χ2n) is 2.94. The quantitative estimate of drug-likeness (QED) is 0.467. The predicted octanol–water partition coefficient (Wildman–Crippen LogP) is -1.00. The van der Waals surface area contributed by atoms with E-state index < -0.39 is 0 Å². The van der Waals surface area contributed by atoms with Gasteiger partial charge in [0.1, 0.15) is 0 Å². The zero-order chi connectivity index (χ0) is 8.55. The molecule has 0 unspecified atom stereocenters. The van der Waals surface area contributed by atoms with Gasteiger partial charge >= 0.3 is 0 Å². The Bertz CT molecular complexity index is 274. The highest BCUT2D eigenvalue weighted by Crippen LogP contribution is 2.20. The lowest BCUT2D eigenvalue weighted by Crippen LogP contribution is -2.22. The molecule has 2 heterocycles. The summed E-state index contributed by atoms with van der Waals surface area (Å²) in [7, 11) is 0. The van der Waals surface area contributed by atoms with Crippen LogP contribution in [0.25, 0.3) is 0 Å². The van der Waals surface area contributed by atoms with Crippen molar-refractivity contribution in [3.05, 3.63) is 5.82 Å². The molecule has 6 heteroatoms. The fourth-order valence-corrected chi connectivity index (χ4v) is 1.46. The molecule has 66 valence electrons. The Hall–Kier alpha value is -1.30. The Kier molecular flexibility index (Phi) is 1.61. The number of rotatable bonds is 1. The predicted molar refractivity (Wildman–Crippen MR) is 44.6 cm³/mol. The number of nitrogen functional groups attached to an aromatic ring is 2. The molecule has 1 saturated heterocycles. The van der Waals surface area contributed by atoms with E-state index in [4.69, 9.17) is 11.6 Å². The standard InChI is InChI=1S/C6H12N6/c7-6-11-10-5(12(6)8)4-2-1-3-9-4/h4,9H,1-3,8H2,(H2,7,11)/t4-/m1/s1. The van der Waals surface area contributed by atoms with E-state index in [0.29, 0.717) is 0 Å². The molecule has 0 saturated carbocycles. The third kappa shape index (κ3) is 1.00. The van der Waals surface area contributed by atoms with Crippen molar-refractivity contribution < 1.29 is 0 Å². The minimum atomic E-state index is 0.222. The Morgan fingerprint density at radius 1 is 1.50 bits per heavy atom. The Morgan fingerprint density at radius 3 is 2.83 bits per heavy atom. The maximum absolute atomic E-state index is 5.61. The van der Waals surface area contributed by atoms with Crippen LogP contribution in [0, 0.1) is 0 Å². The van der Waals surface area contributed by atoms with Gasteiger partial charge in [-0.3, -0.25) is 0 Å². The first kappa shape index (κ1) is 7.35. The maximum Gasteiger partial charge on any atom is 0.240 e. The average Bonchev–Trinajstić information content (AvgIpc) is 2.64. The third-order valence-electron chi connectivity index (χ3n) is 2.12. The number of hydrogen-bond acceptors (Lipinski definition) is 5. The summed E-state index contributed by atoms with van der Waals surface area (Å²) < 4.78 is 1.34. The highest BCUT2D eigenvalue weighted by atomic mass is 15.5. The van der Waals surface area contributed by atoms with Gasteiger partial charge in [0, 0.05) is 0 Å². The lowest BCUT2D eigenvalue weighted by molar-refractivity contribution is 0.587. The Morgan fingerprint density at radius 2 is 2.33 bits per heavy atom. The maximum atomic E-state index is 5.61. The van der Waals surface area contributed by atoms with Crippen LogP contribution in [0.15, 0.2) is 0 Å². The van der Waals surface area contributed by atoms with Gasteiger partial charge in [-0.1, -0.05) is 0 Å². The van der Waals surface area contributed by atoms with Crippen LogP contribution in [0.2, 0.25) is 0 Å². The molecule has 1 aromatic rings. The normalized spacial score (nSPS) is 23.2. The molecule has 2 rings (SSSR count). The van der Waals surface area contributed by atoms with Crippen molar-refractivity contribution in [3.63, 3.8) is 0 Å². The van der Waals surface area contributed by atoms with E-state index in [1.807, 2.05) is 0 Å². The zero-order valence-corrected chi connectivity index (χ0v) is 6.70. The first-order valence-electron chi connectivity index (χ1n) is 3.98. The van der Waals surface area contributed by atoms with E-state index in [-0.39, 0.29) is 12.0 Å². The molecule has 0 spiro atoms. The molecule has 0 bridgehead atoms. The van der Waals surface area contributed by atoms with Gasteiger partial charge in [-0.25, -0.2) is 4.68 Å². The van der Waals surface area contributed by atoms with Crippen LogP contribution in [0.3, 0.4) is 0 Å². The number of nitrogens with two attached hydrogens (primary N) is 2. The van der Waals surface area contributed by atoms with Crippen molar-refractivity contribution in [2.75, 3.05) is 18.1 Å². The highest BCUT2D eigenvalue weighted by molar-refractivity contribution is 5.19. The van der Waals surface area contributed by atoms with E-state index in [2.05, 4.69) is 15.5 Å². The molecule has 1 aliphatic rings. The number of hydrogen-bond donors (Lipinski definition) is 3. The Labute approximate surface area is 69.9 Å². The zero-order valence-electron chi connectivity index (χ0n) is 6.70. The number of nitrogens with zero attached hydrogens (tertiary/aromatic N) is 3. The molecule has 0 aliphatic carbocycles. The van der Waals surface area contributed by atoms with Gasteiger partial charge in [0.2, 0.25) is 5.95 Å². The minimum Gasteiger partial charge on any atom is -0.366 e. The molecule has 6 nitrogen and oxygen atoms in total. The summed E-state index contributed by atoms with van der Waals surface area (Å²) in [5.41, 5.74) is 5.44. The van der Waals surface area contributed by atoms with Gasteiger partial charge in [0.05, 0.1) is 6.04 Å².